The maximum Gasteiger partial charge on any atom is 0.238 e. The summed E-state index contributed by atoms with van der Waals surface area (Å²) in [6.45, 7) is 4.16. The summed E-state index contributed by atoms with van der Waals surface area (Å²) in [5.41, 5.74) is 0.0501. The molecule has 0 saturated heterocycles. The van der Waals surface area contributed by atoms with E-state index < -0.39 is 5.60 Å². The summed E-state index contributed by atoms with van der Waals surface area (Å²) in [6.07, 6.45) is 0. The van der Waals surface area contributed by atoms with E-state index in [4.69, 9.17) is 0 Å². The van der Waals surface area contributed by atoms with Crippen LogP contribution in [-0.4, -0.2) is 41.7 Å². The van der Waals surface area contributed by atoms with E-state index in [1.807, 2.05) is 24.1 Å². The van der Waals surface area contributed by atoms with Crippen molar-refractivity contribution in [1.82, 2.24) is 4.90 Å². The molecule has 0 atom stereocenters. The lowest BCUT2D eigenvalue weighted by atomic mass is 10.1. The first-order valence-electron chi connectivity index (χ1n) is 5.94. The standard InChI is InChI=1S/C13H17I3N2O2/c1-13(2,20)7-18(3)6-11(19)17-12-9(15)4-8(14)5-10(12)16/h4-5,20H,6-7H2,1-3H3,(H,17,19). The summed E-state index contributed by atoms with van der Waals surface area (Å²) in [7, 11) is 1.82. The van der Waals surface area contributed by atoms with Gasteiger partial charge in [-0.3, -0.25) is 9.69 Å². The number of nitrogens with zero attached hydrogens (tertiary/aromatic N) is 1. The predicted octanol–water partition coefficient (Wildman–Crippen LogP) is 3.14. The number of likely N-dealkylation sites (N-methyl/N-ethyl adjacent to an activating group) is 1. The van der Waals surface area contributed by atoms with Crippen molar-refractivity contribution in [3.05, 3.63) is 22.8 Å². The van der Waals surface area contributed by atoms with Gasteiger partial charge < -0.3 is 10.4 Å². The van der Waals surface area contributed by atoms with Crippen LogP contribution < -0.4 is 5.32 Å². The van der Waals surface area contributed by atoms with Gasteiger partial charge in [0.15, 0.2) is 0 Å². The molecular formula is C13H17I3N2O2. The monoisotopic (exact) mass is 614 g/mol. The molecule has 0 unspecified atom stereocenters. The van der Waals surface area contributed by atoms with Crippen molar-refractivity contribution >= 4 is 79.4 Å². The summed E-state index contributed by atoms with van der Waals surface area (Å²) in [4.78, 5) is 13.9. The molecule has 0 radical (unpaired) electrons. The number of carbonyl (C=O) groups excluding carboxylic acids is 1. The fourth-order valence-electron chi connectivity index (χ4n) is 1.80. The Morgan fingerprint density at radius 2 is 1.80 bits per heavy atom. The van der Waals surface area contributed by atoms with E-state index in [0.29, 0.717) is 6.54 Å². The van der Waals surface area contributed by atoms with E-state index in [2.05, 4.69) is 73.1 Å². The molecule has 1 aromatic rings. The van der Waals surface area contributed by atoms with Gasteiger partial charge in [0.25, 0.3) is 0 Å². The molecule has 20 heavy (non-hydrogen) atoms. The normalized spacial score (nSPS) is 11.8. The first-order valence-corrected chi connectivity index (χ1v) is 9.17. The Bertz CT molecular complexity index is 478. The van der Waals surface area contributed by atoms with Crippen LogP contribution in [-0.2, 0) is 4.79 Å². The van der Waals surface area contributed by atoms with Gasteiger partial charge in [-0.05, 0) is 101 Å². The minimum absolute atomic E-state index is 0.0752. The summed E-state index contributed by atoms with van der Waals surface area (Å²) in [5, 5.41) is 12.7. The molecule has 1 rings (SSSR count). The molecule has 0 aliphatic heterocycles. The number of hydrogen-bond acceptors (Lipinski definition) is 3. The Morgan fingerprint density at radius 3 is 2.25 bits per heavy atom. The number of aliphatic hydroxyl groups is 1. The second-order valence-corrected chi connectivity index (χ2v) is 8.85. The first-order chi connectivity index (χ1) is 9.08. The fourth-order valence-corrected chi connectivity index (χ4v) is 5.65. The first kappa shape index (κ1) is 18.8. The molecule has 0 aliphatic carbocycles. The van der Waals surface area contributed by atoms with Gasteiger partial charge in [0.05, 0.1) is 17.8 Å². The zero-order valence-electron chi connectivity index (χ0n) is 11.5. The summed E-state index contributed by atoms with van der Waals surface area (Å²) >= 11 is 6.70. The van der Waals surface area contributed by atoms with Crippen molar-refractivity contribution in [3.63, 3.8) is 0 Å². The minimum Gasteiger partial charge on any atom is -0.389 e. The Hall–Kier alpha value is 0.800. The zero-order valence-corrected chi connectivity index (χ0v) is 18.0. The van der Waals surface area contributed by atoms with Crippen LogP contribution >= 0.6 is 67.8 Å². The molecule has 0 bridgehead atoms. The van der Waals surface area contributed by atoms with Gasteiger partial charge in [-0.15, -0.1) is 0 Å². The molecule has 0 heterocycles. The van der Waals surface area contributed by atoms with Crippen LogP contribution in [0.25, 0.3) is 0 Å². The Kier molecular flexibility index (Phi) is 7.43. The van der Waals surface area contributed by atoms with Gasteiger partial charge in [0.2, 0.25) is 5.91 Å². The maximum absolute atomic E-state index is 12.1. The highest BCUT2D eigenvalue weighted by Gasteiger charge is 2.18. The van der Waals surface area contributed by atoms with Gasteiger partial charge in [0.1, 0.15) is 0 Å². The van der Waals surface area contributed by atoms with Crippen LogP contribution in [0.3, 0.4) is 0 Å². The van der Waals surface area contributed by atoms with Gasteiger partial charge in [-0.25, -0.2) is 0 Å². The molecule has 4 nitrogen and oxygen atoms in total. The number of halogens is 3. The molecule has 0 aliphatic rings. The third kappa shape index (κ3) is 6.71. The number of carbonyl (C=O) groups is 1. The van der Waals surface area contributed by atoms with Crippen LogP contribution in [0.2, 0.25) is 0 Å². The largest absolute Gasteiger partial charge is 0.389 e. The van der Waals surface area contributed by atoms with Gasteiger partial charge in [-0.1, -0.05) is 0 Å². The number of hydrogen-bond donors (Lipinski definition) is 2. The zero-order chi connectivity index (χ0) is 15.5. The molecule has 112 valence electrons. The lowest BCUT2D eigenvalue weighted by Crippen LogP contribution is -2.40. The van der Waals surface area contributed by atoms with E-state index in [0.717, 1.165) is 16.4 Å². The molecule has 0 spiro atoms. The Balaban J connectivity index is 2.68. The average molecular weight is 614 g/mol. The lowest BCUT2D eigenvalue weighted by molar-refractivity contribution is -0.117. The summed E-state index contributed by atoms with van der Waals surface area (Å²) in [5.74, 6) is -0.0752. The van der Waals surface area contributed by atoms with Crippen LogP contribution in [0.4, 0.5) is 5.69 Å². The van der Waals surface area contributed by atoms with E-state index in [1.54, 1.807) is 13.8 Å². The van der Waals surface area contributed by atoms with E-state index in [9.17, 15) is 9.90 Å². The number of anilines is 1. The van der Waals surface area contributed by atoms with Crippen LogP contribution in [0.5, 0.6) is 0 Å². The van der Waals surface area contributed by atoms with Crippen molar-refractivity contribution in [2.24, 2.45) is 0 Å². The third-order valence-corrected chi connectivity index (χ3v) is 4.67. The van der Waals surface area contributed by atoms with Crippen LogP contribution in [0.15, 0.2) is 12.1 Å². The third-order valence-electron chi connectivity index (χ3n) is 2.34. The van der Waals surface area contributed by atoms with Crippen molar-refractivity contribution in [2.45, 2.75) is 19.4 Å². The fraction of sp³-hybridized carbons (Fsp3) is 0.462. The van der Waals surface area contributed by atoms with Crippen molar-refractivity contribution in [2.75, 3.05) is 25.5 Å². The molecule has 0 saturated carbocycles. The van der Waals surface area contributed by atoms with E-state index in [-0.39, 0.29) is 12.5 Å². The minimum atomic E-state index is -0.805. The SMILES string of the molecule is CN(CC(=O)Nc1c(I)cc(I)cc1I)CC(C)(C)O. The Labute approximate surface area is 160 Å². The van der Waals surface area contributed by atoms with E-state index >= 15 is 0 Å². The van der Waals surface area contributed by atoms with Crippen molar-refractivity contribution < 1.29 is 9.90 Å². The second kappa shape index (κ2) is 7.88. The van der Waals surface area contributed by atoms with Gasteiger partial charge >= 0.3 is 0 Å². The molecule has 0 aromatic heterocycles. The summed E-state index contributed by atoms with van der Waals surface area (Å²) in [6, 6.07) is 4.05. The van der Waals surface area contributed by atoms with E-state index in [1.165, 1.54) is 0 Å². The number of nitrogens with one attached hydrogen (secondary N) is 1. The molecular weight excluding hydrogens is 597 g/mol. The molecule has 1 aromatic carbocycles. The number of amides is 1. The van der Waals surface area contributed by atoms with Crippen LogP contribution in [0, 0.1) is 10.7 Å². The van der Waals surface area contributed by atoms with Crippen LogP contribution in [0.1, 0.15) is 13.8 Å². The topological polar surface area (TPSA) is 52.6 Å². The summed E-state index contributed by atoms with van der Waals surface area (Å²) < 4.78 is 3.20. The predicted molar refractivity (Wildman–Crippen MR) is 107 cm³/mol. The lowest BCUT2D eigenvalue weighted by Gasteiger charge is -2.25. The number of rotatable bonds is 5. The highest BCUT2D eigenvalue weighted by atomic mass is 127. The van der Waals surface area contributed by atoms with Gasteiger partial charge in [0, 0.05) is 17.3 Å². The smallest absolute Gasteiger partial charge is 0.238 e. The Morgan fingerprint density at radius 1 is 1.30 bits per heavy atom. The van der Waals surface area contributed by atoms with Gasteiger partial charge in [-0.2, -0.15) is 0 Å². The molecule has 2 N–H and O–H groups in total. The maximum atomic E-state index is 12.1. The highest BCUT2D eigenvalue weighted by molar-refractivity contribution is 14.1. The highest BCUT2D eigenvalue weighted by Crippen LogP contribution is 2.27. The molecule has 0 fully saturated rings. The average Bonchev–Trinajstić information content (AvgIpc) is 2.20. The number of benzene rings is 1. The van der Waals surface area contributed by atoms with Crippen molar-refractivity contribution in [1.29, 1.82) is 0 Å². The molecule has 1 amide bonds. The quantitative estimate of drug-likeness (QED) is 0.502. The molecule has 7 heteroatoms. The second-order valence-electron chi connectivity index (χ2n) is 5.28. The van der Waals surface area contributed by atoms with Crippen molar-refractivity contribution in [3.8, 4) is 0 Å².